The third-order valence-corrected chi connectivity index (χ3v) is 3.93. The number of nitrogens with one attached hydrogen (secondary N) is 2. The van der Waals surface area contributed by atoms with Crippen molar-refractivity contribution in [2.45, 2.75) is 26.9 Å². The van der Waals surface area contributed by atoms with Crippen LogP contribution in [-0.2, 0) is 13.1 Å². The molecular formula is C15H16ClN3O. The molecule has 0 saturated heterocycles. The number of rotatable bonds is 4. The number of hydrogen-bond acceptors (Lipinski definition) is 3. The summed E-state index contributed by atoms with van der Waals surface area (Å²) in [6, 6.07) is 8.03. The lowest BCUT2D eigenvalue weighted by Crippen LogP contribution is -2.14. The Bertz CT molecular complexity index is 725. The predicted octanol–water partition coefficient (Wildman–Crippen LogP) is 3.72. The molecule has 2 N–H and O–H groups in total. The van der Waals surface area contributed by atoms with Gasteiger partial charge in [0.25, 0.3) is 0 Å². The smallest absolute Gasteiger partial charge is 0.138 e. The van der Waals surface area contributed by atoms with Gasteiger partial charge in [0.05, 0.1) is 10.7 Å². The molecular weight excluding hydrogens is 274 g/mol. The molecule has 5 heteroatoms. The molecule has 0 aliphatic carbocycles. The summed E-state index contributed by atoms with van der Waals surface area (Å²) >= 11 is 6.38. The molecule has 0 radical (unpaired) electrons. The van der Waals surface area contributed by atoms with Gasteiger partial charge in [-0.05, 0) is 19.9 Å². The van der Waals surface area contributed by atoms with Crippen LogP contribution >= 0.6 is 11.6 Å². The van der Waals surface area contributed by atoms with Crippen LogP contribution in [0.4, 0.5) is 0 Å². The van der Waals surface area contributed by atoms with Crippen LogP contribution in [0.25, 0.3) is 10.9 Å². The number of benzene rings is 1. The van der Waals surface area contributed by atoms with Crippen molar-refractivity contribution in [3.05, 3.63) is 52.0 Å². The van der Waals surface area contributed by atoms with E-state index in [2.05, 4.69) is 15.5 Å². The van der Waals surface area contributed by atoms with E-state index in [1.807, 2.05) is 38.1 Å². The van der Waals surface area contributed by atoms with Crippen molar-refractivity contribution in [3.8, 4) is 0 Å². The molecule has 3 aromatic rings. The van der Waals surface area contributed by atoms with Gasteiger partial charge >= 0.3 is 0 Å². The Kier molecular flexibility index (Phi) is 3.51. The van der Waals surface area contributed by atoms with Gasteiger partial charge in [-0.3, -0.25) is 0 Å². The molecule has 2 aromatic heterocycles. The Labute approximate surface area is 122 Å². The van der Waals surface area contributed by atoms with Crippen LogP contribution in [0.5, 0.6) is 0 Å². The molecule has 20 heavy (non-hydrogen) atoms. The molecule has 0 aliphatic rings. The van der Waals surface area contributed by atoms with Crippen LogP contribution in [0.2, 0.25) is 5.02 Å². The van der Waals surface area contributed by atoms with Gasteiger partial charge < -0.3 is 14.8 Å². The highest BCUT2D eigenvalue weighted by molar-refractivity contribution is 6.36. The first-order valence-electron chi connectivity index (χ1n) is 6.54. The van der Waals surface area contributed by atoms with Crippen molar-refractivity contribution in [2.75, 3.05) is 0 Å². The van der Waals surface area contributed by atoms with Gasteiger partial charge in [0.15, 0.2) is 0 Å². The second kappa shape index (κ2) is 5.31. The van der Waals surface area contributed by atoms with Gasteiger partial charge in [-0.1, -0.05) is 35.0 Å². The topological polar surface area (TPSA) is 53.9 Å². The molecule has 0 saturated carbocycles. The Balaban J connectivity index is 1.73. The monoisotopic (exact) mass is 289 g/mol. The van der Waals surface area contributed by atoms with Crippen molar-refractivity contribution in [3.63, 3.8) is 0 Å². The zero-order valence-electron chi connectivity index (χ0n) is 11.5. The zero-order valence-corrected chi connectivity index (χ0v) is 12.2. The van der Waals surface area contributed by atoms with E-state index in [1.54, 1.807) is 0 Å². The number of aromatic nitrogens is 2. The fourth-order valence-corrected chi connectivity index (χ4v) is 2.63. The predicted molar refractivity (Wildman–Crippen MR) is 79.8 cm³/mol. The molecule has 0 aliphatic heterocycles. The standard InChI is InChI=1S/C15H16ClN3O/c1-9-12(10(2)20-19-9)7-17-8-14-15(16)11-5-3-4-6-13(11)18-14/h3-6,17-18H,7-8H2,1-2H3. The number of nitrogens with zero attached hydrogens (tertiary/aromatic N) is 1. The summed E-state index contributed by atoms with van der Waals surface area (Å²) in [5.41, 5.74) is 4.10. The van der Waals surface area contributed by atoms with E-state index in [0.29, 0.717) is 13.1 Å². The largest absolute Gasteiger partial charge is 0.361 e. The number of aryl methyl sites for hydroxylation is 2. The summed E-state index contributed by atoms with van der Waals surface area (Å²) in [6.07, 6.45) is 0. The maximum Gasteiger partial charge on any atom is 0.138 e. The van der Waals surface area contributed by atoms with Crippen LogP contribution in [-0.4, -0.2) is 10.1 Å². The van der Waals surface area contributed by atoms with Crippen LogP contribution in [0.3, 0.4) is 0 Å². The van der Waals surface area contributed by atoms with Crippen LogP contribution in [0.1, 0.15) is 22.7 Å². The summed E-state index contributed by atoms with van der Waals surface area (Å²) in [5.74, 6) is 0.859. The highest BCUT2D eigenvalue weighted by Gasteiger charge is 2.11. The number of hydrogen-bond donors (Lipinski definition) is 2. The molecule has 3 rings (SSSR count). The van der Waals surface area contributed by atoms with E-state index in [4.69, 9.17) is 16.1 Å². The fourth-order valence-electron chi connectivity index (χ4n) is 2.35. The summed E-state index contributed by atoms with van der Waals surface area (Å²) in [7, 11) is 0. The summed E-state index contributed by atoms with van der Waals surface area (Å²) in [4.78, 5) is 3.34. The number of halogens is 1. The Morgan fingerprint density at radius 1 is 1.25 bits per heavy atom. The minimum absolute atomic E-state index is 0.678. The first kappa shape index (κ1) is 13.2. The average Bonchev–Trinajstić information content (AvgIpc) is 2.94. The van der Waals surface area contributed by atoms with E-state index in [9.17, 15) is 0 Å². The second-order valence-corrected chi connectivity index (χ2v) is 5.25. The molecule has 0 bridgehead atoms. The van der Waals surface area contributed by atoms with Crippen molar-refractivity contribution in [2.24, 2.45) is 0 Å². The van der Waals surface area contributed by atoms with E-state index in [1.165, 1.54) is 0 Å². The first-order chi connectivity index (χ1) is 9.66. The summed E-state index contributed by atoms with van der Waals surface area (Å²) in [5, 5.41) is 9.16. The number of aromatic amines is 1. The first-order valence-corrected chi connectivity index (χ1v) is 6.92. The SMILES string of the molecule is Cc1noc(C)c1CNCc1[nH]c2ccccc2c1Cl. The highest BCUT2D eigenvalue weighted by atomic mass is 35.5. The highest BCUT2D eigenvalue weighted by Crippen LogP contribution is 2.27. The normalized spacial score (nSPS) is 11.3. The summed E-state index contributed by atoms with van der Waals surface area (Å²) < 4.78 is 5.15. The molecule has 0 atom stereocenters. The molecule has 2 heterocycles. The van der Waals surface area contributed by atoms with E-state index in [-0.39, 0.29) is 0 Å². The van der Waals surface area contributed by atoms with Gasteiger partial charge in [-0.15, -0.1) is 0 Å². The third kappa shape index (κ3) is 2.32. The molecule has 4 nitrogen and oxygen atoms in total. The fraction of sp³-hybridized carbons (Fsp3) is 0.267. The lowest BCUT2D eigenvalue weighted by atomic mass is 10.2. The quantitative estimate of drug-likeness (QED) is 0.770. The summed E-state index contributed by atoms with van der Waals surface area (Å²) in [6.45, 7) is 5.26. The number of fused-ring (bicyclic) bond motifs is 1. The zero-order chi connectivity index (χ0) is 14.1. The maximum atomic E-state index is 6.38. The van der Waals surface area contributed by atoms with E-state index >= 15 is 0 Å². The van der Waals surface area contributed by atoms with Gasteiger partial charge in [-0.2, -0.15) is 0 Å². The van der Waals surface area contributed by atoms with Gasteiger partial charge in [-0.25, -0.2) is 0 Å². The van der Waals surface area contributed by atoms with Crippen LogP contribution < -0.4 is 5.32 Å². The van der Waals surface area contributed by atoms with Crippen LogP contribution in [0, 0.1) is 13.8 Å². The minimum Gasteiger partial charge on any atom is -0.361 e. The van der Waals surface area contributed by atoms with Crippen molar-refractivity contribution >= 4 is 22.5 Å². The Morgan fingerprint density at radius 2 is 2.05 bits per heavy atom. The Morgan fingerprint density at radius 3 is 2.75 bits per heavy atom. The van der Waals surface area contributed by atoms with Gasteiger partial charge in [0, 0.05) is 35.2 Å². The van der Waals surface area contributed by atoms with E-state index < -0.39 is 0 Å². The Hall–Kier alpha value is -1.78. The molecule has 0 spiro atoms. The lowest BCUT2D eigenvalue weighted by Gasteiger charge is -2.03. The molecule has 1 aromatic carbocycles. The van der Waals surface area contributed by atoms with Gasteiger partial charge in [0.1, 0.15) is 5.76 Å². The van der Waals surface area contributed by atoms with Gasteiger partial charge in [0.2, 0.25) is 0 Å². The molecule has 0 unspecified atom stereocenters. The average molecular weight is 290 g/mol. The maximum absolute atomic E-state index is 6.38. The lowest BCUT2D eigenvalue weighted by molar-refractivity contribution is 0.392. The van der Waals surface area contributed by atoms with Crippen molar-refractivity contribution < 1.29 is 4.52 Å². The minimum atomic E-state index is 0.678. The van der Waals surface area contributed by atoms with E-state index in [0.717, 1.165) is 38.6 Å². The molecule has 0 fully saturated rings. The van der Waals surface area contributed by atoms with Crippen molar-refractivity contribution in [1.82, 2.24) is 15.5 Å². The molecule has 104 valence electrons. The number of para-hydroxylation sites is 1. The van der Waals surface area contributed by atoms with Crippen LogP contribution in [0.15, 0.2) is 28.8 Å². The third-order valence-electron chi connectivity index (χ3n) is 3.50. The molecule has 0 amide bonds. The number of H-pyrrole nitrogens is 1. The van der Waals surface area contributed by atoms with Crippen molar-refractivity contribution in [1.29, 1.82) is 0 Å². The second-order valence-electron chi connectivity index (χ2n) is 4.87.